The Bertz CT molecular complexity index is 682. The Morgan fingerprint density at radius 3 is 2.50 bits per heavy atom. The van der Waals surface area contributed by atoms with Gasteiger partial charge in [-0.15, -0.1) is 0 Å². The normalized spacial score (nSPS) is 13.4. The number of carbonyl (C=O) groups excluding carboxylic acids is 1. The zero-order valence-electron chi connectivity index (χ0n) is 10.4. The van der Waals surface area contributed by atoms with Crippen molar-refractivity contribution in [3.63, 3.8) is 0 Å². The first-order chi connectivity index (χ1) is 9.54. The van der Waals surface area contributed by atoms with Crippen LogP contribution in [-0.4, -0.2) is 12.5 Å². The zero-order valence-corrected chi connectivity index (χ0v) is 13.5. The summed E-state index contributed by atoms with van der Waals surface area (Å²) in [5, 5.41) is 0. The van der Waals surface area contributed by atoms with Crippen molar-refractivity contribution in [1.82, 2.24) is 0 Å². The minimum absolute atomic E-state index is 0.114. The Kier molecular flexibility index (Phi) is 3.65. The number of hydrogen-bond donors (Lipinski definition) is 0. The maximum atomic E-state index is 13.4. The van der Waals surface area contributed by atoms with Crippen LogP contribution in [0.5, 0.6) is 0 Å². The fraction of sp³-hybridized carbons (Fsp3) is 0.133. The summed E-state index contributed by atoms with van der Waals surface area (Å²) in [6, 6.07) is 10.0. The molecule has 2 nitrogen and oxygen atoms in total. The monoisotopic (exact) mass is 397 g/mol. The van der Waals surface area contributed by atoms with Crippen molar-refractivity contribution in [3.05, 3.63) is 62.3 Å². The van der Waals surface area contributed by atoms with Crippen LogP contribution in [0.15, 0.2) is 45.3 Å². The smallest absolute Gasteiger partial charge is 0.258 e. The van der Waals surface area contributed by atoms with Crippen molar-refractivity contribution in [2.75, 3.05) is 11.4 Å². The van der Waals surface area contributed by atoms with Crippen molar-refractivity contribution >= 4 is 43.5 Å². The predicted octanol–water partition coefficient (Wildman–Crippen LogP) is 4.55. The molecule has 2 aromatic rings. The molecular formula is C15H10Br2FNO. The Morgan fingerprint density at radius 2 is 1.80 bits per heavy atom. The van der Waals surface area contributed by atoms with Gasteiger partial charge in [0.25, 0.3) is 5.91 Å². The van der Waals surface area contributed by atoms with Gasteiger partial charge in [-0.2, -0.15) is 0 Å². The van der Waals surface area contributed by atoms with Crippen LogP contribution in [0.1, 0.15) is 15.9 Å². The summed E-state index contributed by atoms with van der Waals surface area (Å²) in [6.45, 7) is 0.585. The number of carbonyl (C=O) groups is 1. The molecule has 0 atom stereocenters. The molecule has 1 heterocycles. The van der Waals surface area contributed by atoms with Crippen molar-refractivity contribution < 1.29 is 9.18 Å². The standard InChI is InChI=1S/C15H10Br2FNO/c16-11-5-10(6-12(17)7-11)15(20)19-4-3-9-1-2-13(18)8-14(9)19/h1-2,5-8H,3-4H2. The summed E-state index contributed by atoms with van der Waals surface area (Å²) in [5.74, 6) is -0.435. The number of rotatable bonds is 1. The van der Waals surface area contributed by atoms with Gasteiger partial charge in [-0.05, 0) is 42.3 Å². The second kappa shape index (κ2) is 5.30. The summed E-state index contributed by atoms with van der Waals surface area (Å²) in [4.78, 5) is 14.2. The number of hydrogen-bond acceptors (Lipinski definition) is 1. The summed E-state index contributed by atoms with van der Waals surface area (Å²) in [7, 11) is 0. The van der Waals surface area contributed by atoms with Gasteiger partial charge in [0, 0.05) is 21.1 Å². The van der Waals surface area contributed by atoms with Gasteiger partial charge in [0.15, 0.2) is 0 Å². The second-order valence-electron chi connectivity index (χ2n) is 4.64. The molecule has 102 valence electrons. The van der Waals surface area contributed by atoms with Gasteiger partial charge in [-0.25, -0.2) is 4.39 Å². The lowest BCUT2D eigenvalue weighted by atomic mass is 10.1. The summed E-state index contributed by atoms with van der Waals surface area (Å²) >= 11 is 6.74. The zero-order chi connectivity index (χ0) is 14.3. The number of amides is 1. The lowest BCUT2D eigenvalue weighted by Crippen LogP contribution is -2.28. The first kappa shape index (κ1) is 13.8. The van der Waals surface area contributed by atoms with Gasteiger partial charge in [0.2, 0.25) is 0 Å². The number of halogens is 3. The first-order valence-electron chi connectivity index (χ1n) is 6.11. The van der Waals surface area contributed by atoms with Gasteiger partial charge in [0.1, 0.15) is 5.82 Å². The minimum atomic E-state index is -0.320. The molecule has 2 aromatic carbocycles. The first-order valence-corrected chi connectivity index (χ1v) is 7.69. The maximum absolute atomic E-state index is 13.4. The van der Waals surface area contributed by atoms with E-state index < -0.39 is 0 Å². The van der Waals surface area contributed by atoms with E-state index >= 15 is 0 Å². The largest absolute Gasteiger partial charge is 0.308 e. The lowest BCUT2D eigenvalue weighted by Gasteiger charge is -2.17. The van der Waals surface area contributed by atoms with Crippen molar-refractivity contribution in [2.24, 2.45) is 0 Å². The average Bonchev–Trinajstić information content (AvgIpc) is 2.79. The van der Waals surface area contributed by atoms with Gasteiger partial charge < -0.3 is 4.90 Å². The van der Waals surface area contributed by atoms with Gasteiger partial charge in [0.05, 0.1) is 5.69 Å². The van der Waals surface area contributed by atoms with E-state index in [0.29, 0.717) is 17.8 Å². The summed E-state index contributed by atoms with van der Waals surface area (Å²) < 4.78 is 15.0. The highest BCUT2D eigenvalue weighted by atomic mass is 79.9. The highest BCUT2D eigenvalue weighted by Gasteiger charge is 2.26. The molecular weight excluding hydrogens is 389 g/mol. The molecule has 20 heavy (non-hydrogen) atoms. The molecule has 0 unspecified atom stereocenters. The van der Waals surface area contributed by atoms with Crippen LogP contribution in [-0.2, 0) is 6.42 Å². The van der Waals surface area contributed by atoms with E-state index in [2.05, 4.69) is 31.9 Å². The molecule has 3 rings (SSSR count). The number of anilines is 1. The maximum Gasteiger partial charge on any atom is 0.258 e. The third-order valence-electron chi connectivity index (χ3n) is 3.30. The molecule has 0 N–H and O–H groups in total. The van der Waals surface area contributed by atoms with Crippen LogP contribution >= 0.6 is 31.9 Å². The summed E-state index contributed by atoms with van der Waals surface area (Å²) in [5.41, 5.74) is 2.25. The lowest BCUT2D eigenvalue weighted by molar-refractivity contribution is 0.0989. The van der Waals surface area contributed by atoms with Gasteiger partial charge >= 0.3 is 0 Å². The Hall–Kier alpha value is -1.20. The molecule has 0 saturated carbocycles. The molecule has 5 heteroatoms. The fourth-order valence-electron chi connectivity index (χ4n) is 2.40. The Morgan fingerprint density at radius 1 is 1.10 bits per heavy atom. The topological polar surface area (TPSA) is 20.3 Å². The minimum Gasteiger partial charge on any atom is -0.308 e. The number of benzene rings is 2. The van der Waals surface area contributed by atoms with Crippen molar-refractivity contribution in [3.8, 4) is 0 Å². The molecule has 0 aromatic heterocycles. The molecule has 1 aliphatic heterocycles. The quantitative estimate of drug-likeness (QED) is 0.689. The van der Waals surface area contributed by atoms with E-state index in [1.807, 2.05) is 6.07 Å². The van der Waals surface area contributed by atoms with Gasteiger partial charge in [-0.3, -0.25) is 4.79 Å². The molecule has 0 bridgehead atoms. The van der Waals surface area contributed by atoms with Crippen molar-refractivity contribution in [1.29, 1.82) is 0 Å². The van der Waals surface area contributed by atoms with E-state index in [0.717, 1.165) is 20.9 Å². The van der Waals surface area contributed by atoms with Crippen LogP contribution in [0.2, 0.25) is 0 Å². The fourth-order valence-corrected chi connectivity index (χ4v) is 3.69. The van der Waals surface area contributed by atoms with E-state index in [-0.39, 0.29) is 11.7 Å². The SMILES string of the molecule is O=C(c1cc(Br)cc(Br)c1)N1CCc2ccc(F)cc21. The van der Waals surface area contributed by atoms with Crippen LogP contribution in [0.4, 0.5) is 10.1 Å². The predicted molar refractivity (Wildman–Crippen MR) is 83.6 cm³/mol. The number of nitrogens with zero attached hydrogens (tertiary/aromatic N) is 1. The third kappa shape index (κ3) is 2.52. The second-order valence-corrected chi connectivity index (χ2v) is 6.47. The van der Waals surface area contributed by atoms with E-state index in [4.69, 9.17) is 0 Å². The van der Waals surface area contributed by atoms with Gasteiger partial charge in [-0.1, -0.05) is 37.9 Å². The molecule has 0 saturated heterocycles. The van der Waals surface area contributed by atoms with Crippen LogP contribution in [0, 0.1) is 5.82 Å². The highest BCUT2D eigenvalue weighted by Crippen LogP contribution is 2.31. The third-order valence-corrected chi connectivity index (χ3v) is 4.21. The van der Waals surface area contributed by atoms with Crippen LogP contribution in [0.25, 0.3) is 0 Å². The highest BCUT2D eigenvalue weighted by molar-refractivity contribution is 9.11. The van der Waals surface area contributed by atoms with E-state index in [1.54, 1.807) is 23.1 Å². The van der Waals surface area contributed by atoms with Crippen LogP contribution < -0.4 is 4.90 Å². The molecule has 0 spiro atoms. The van der Waals surface area contributed by atoms with Crippen molar-refractivity contribution in [2.45, 2.75) is 6.42 Å². The Balaban J connectivity index is 1.99. The molecule has 0 radical (unpaired) electrons. The Labute approximate surface area is 132 Å². The number of fused-ring (bicyclic) bond motifs is 1. The molecule has 1 aliphatic rings. The molecule has 0 fully saturated rings. The average molecular weight is 399 g/mol. The van der Waals surface area contributed by atoms with E-state index in [1.165, 1.54) is 12.1 Å². The van der Waals surface area contributed by atoms with Crippen LogP contribution in [0.3, 0.4) is 0 Å². The van der Waals surface area contributed by atoms with E-state index in [9.17, 15) is 9.18 Å². The molecule has 1 amide bonds. The molecule has 0 aliphatic carbocycles. The summed E-state index contributed by atoms with van der Waals surface area (Å²) in [6.07, 6.45) is 0.760.